The minimum atomic E-state index is -1.07. The zero-order chi connectivity index (χ0) is 21.4. The third kappa shape index (κ3) is 3.53. The molecule has 1 heterocycles. The van der Waals surface area contributed by atoms with E-state index in [1.54, 1.807) is 36.4 Å². The van der Waals surface area contributed by atoms with Crippen LogP contribution in [0.2, 0.25) is 5.02 Å². The highest BCUT2D eigenvalue weighted by atomic mass is 35.5. The molecule has 4 N–H and O–H groups in total. The number of nitrogens with two attached hydrogens (primary N) is 2. The number of anilines is 1. The van der Waals surface area contributed by atoms with Gasteiger partial charge in [-0.1, -0.05) is 41.9 Å². The van der Waals surface area contributed by atoms with Gasteiger partial charge in [0.1, 0.15) is 22.6 Å². The molecule has 9 heteroatoms. The number of primary amides is 1. The van der Waals surface area contributed by atoms with E-state index < -0.39 is 29.7 Å². The van der Waals surface area contributed by atoms with E-state index >= 15 is 0 Å². The average Bonchev–Trinajstić information content (AvgIpc) is 3.32. The number of carbonyl (C=O) groups is 2. The third-order valence-corrected chi connectivity index (χ3v) is 6.29. The maximum atomic E-state index is 14.5. The Hall–Kier alpha value is -2.97. The van der Waals surface area contributed by atoms with E-state index in [0.29, 0.717) is 29.5 Å². The predicted molar refractivity (Wildman–Crippen MR) is 114 cm³/mol. The van der Waals surface area contributed by atoms with Gasteiger partial charge in [-0.3, -0.25) is 9.59 Å². The normalized spacial score (nSPS) is 16.1. The van der Waals surface area contributed by atoms with Gasteiger partial charge in [-0.2, -0.15) is 0 Å². The van der Waals surface area contributed by atoms with Crippen LogP contribution in [0, 0.1) is 5.82 Å². The number of fused-ring (bicyclic) bond motifs is 1. The van der Waals surface area contributed by atoms with Crippen LogP contribution in [-0.2, 0) is 11.2 Å². The number of halogens is 2. The summed E-state index contributed by atoms with van der Waals surface area (Å²) in [6.45, 7) is 0. The Morgan fingerprint density at radius 2 is 2.00 bits per heavy atom. The highest BCUT2D eigenvalue weighted by Crippen LogP contribution is 2.43. The number of carbonyl (C=O) groups excluding carboxylic acids is 2. The lowest BCUT2D eigenvalue weighted by Crippen LogP contribution is -2.43. The van der Waals surface area contributed by atoms with Crippen LogP contribution in [0.1, 0.15) is 44.9 Å². The molecule has 6 nitrogen and oxygen atoms in total. The lowest BCUT2D eigenvalue weighted by molar-refractivity contribution is -0.123. The van der Waals surface area contributed by atoms with Crippen LogP contribution < -0.4 is 11.5 Å². The molecule has 2 amide bonds. The fourth-order valence-electron chi connectivity index (χ4n) is 3.98. The first-order chi connectivity index (χ1) is 14.4. The first-order valence-electron chi connectivity index (χ1n) is 9.22. The number of thiazole rings is 1. The first-order valence-corrected chi connectivity index (χ1v) is 10.5. The molecule has 1 aliphatic rings. The van der Waals surface area contributed by atoms with Gasteiger partial charge in [-0.05, 0) is 41.7 Å². The zero-order valence-corrected chi connectivity index (χ0v) is 17.3. The van der Waals surface area contributed by atoms with Crippen molar-refractivity contribution in [2.75, 3.05) is 5.73 Å². The van der Waals surface area contributed by atoms with Crippen molar-refractivity contribution in [3.05, 3.63) is 80.4 Å². The molecule has 1 aliphatic carbocycles. The molecule has 0 radical (unpaired) electrons. The first kappa shape index (κ1) is 20.3. The van der Waals surface area contributed by atoms with E-state index in [1.165, 1.54) is 16.5 Å². The van der Waals surface area contributed by atoms with E-state index in [2.05, 4.69) is 4.98 Å². The van der Waals surface area contributed by atoms with Gasteiger partial charge in [0, 0.05) is 5.02 Å². The van der Waals surface area contributed by atoms with Crippen LogP contribution in [0.25, 0.3) is 0 Å². The molecular weight excluding hydrogens is 427 g/mol. The summed E-state index contributed by atoms with van der Waals surface area (Å²) < 4.78 is 14.5. The van der Waals surface area contributed by atoms with Crippen molar-refractivity contribution in [1.29, 1.82) is 0 Å². The number of hydrogen-bond acceptors (Lipinski definition) is 5. The van der Waals surface area contributed by atoms with E-state index in [0.717, 1.165) is 11.3 Å². The van der Waals surface area contributed by atoms with Crippen molar-refractivity contribution in [2.45, 2.75) is 24.9 Å². The van der Waals surface area contributed by atoms with Crippen molar-refractivity contribution >= 4 is 40.6 Å². The molecule has 0 saturated carbocycles. The Morgan fingerprint density at radius 1 is 1.27 bits per heavy atom. The summed E-state index contributed by atoms with van der Waals surface area (Å²) in [7, 11) is 0. The quantitative estimate of drug-likeness (QED) is 0.623. The molecule has 0 unspecified atom stereocenters. The molecule has 0 spiro atoms. The van der Waals surface area contributed by atoms with Crippen LogP contribution >= 0.6 is 22.9 Å². The minimum absolute atomic E-state index is 0.0711. The summed E-state index contributed by atoms with van der Waals surface area (Å²) in [5.41, 5.74) is 14.7. The number of aromatic nitrogens is 1. The Balaban J connectivity index is 1.89. The molecule has 4 rings (SSSR count). The second-order valence-electron chi connectivity index (χ2n) is 7.00. The molecule has 0 aliphatic heterocycles. The maximum absolute atomic E-state index is 14.5. The molecule has 30 heavy (non-hydrogen) atoms. The second-order valence-corrected chi connectivity index (χ2v) is 8.30. The number of hydrogen-bond donors (Lipinski definition) is 2. The van der Waals surface area contributed by atoms with Gasteiger partial charge in [0.2, 0.25) is 5.91 Å². The fraction of sp³-hybridized carbons (Fsp3) is 0.190. The molecule has 0 saturated heterocycles. The lowest BCUT2D eigenvalue weighted by Gasteiger charge is -2.35. The van der Waals surface area contributed by atoms with E-state index in [9.17, 15) is 14.0 Å². The van der Waals surface area contributed by atoms with Crippen molar-refractivity contribution < 1.29 is 14.0 Å². The summed E-state index contributed by atoms with van der Waals surface area (Å²) in [4.78, 5) is 31.7. The highest BCUT2D eigenvalue weighted by Gasteiger charge is 2.41. The van der Waals surface area contributed by atoms with Crippen LogP contribution in [0.15, 0.2) is 48.0 Å². The summed E-state index contributed by atoms with van der Waals surface area (Å²) in [5, 5.41) is 0.221. The number of amides is 2. The Bertz CT molecular complexity index is 1120. The number of benzene rings is 2. The van der Waals surface area contributed by atoms with Crippen molar-refractivity contribution in [3.63, 3.8) is 0 Å². The number of nitrogens with zero attached hydrogens (tertiary/aromatic N) is 2. The number of rotatable bonds is 5. The average molecular weight is 445 g/mol. The van der Waals surface area contributed by atoms with Gasteiger partial charge in [-0.25, -0.2) is 9.37 Å². The van der Waals surface area contributed by atoms with Crippen LogP contribution in [0.3, 0.4) is 0 Å². The van der Waals surface area contributed by atoms with Gasteiger partial charge in [0.25, 0.3) is 5.91 Å². The van der Waals surface area contributed by atoms with Gasteiger partial charge in [0.05, 0.1) is 11.6 Å². The summed E-state index contributed by atoms with van der Waals surface area (Å²) in [5.74, 6) is -1.55. The smallest absolute Gasteiger partial charge is 0.269 e. The minimum Gasteiger partial charge on any atom is -0.382 e. The maximum Gasteiger partial charge on any atom is 0.269 e. The summed E-state index contributed by atoms with van der Waals surface area (Å²) in [6, 6.07) is 9.98. The highest BCUT2D eigenvalue weighted by molar-refractivity contribution is 7.12. The molecule has 3 aromatic rings. The van der Waals surface area contributed by atoms with Crippen molar-refractivity contribution in [3.8, 4) is 0 Å². The summed E-state index contributed by atoms with van der Waals surface area (Å²) in [6.07, 6.45) is 0.832. The molecular formula is C21H18ClFN4O2S. The van der Waals surface area contributed by atoms with Crippen molar-refractivity contribution in [1.82, 2.24) is 9.88 Å². The number of nitrogen functional groups attached to an aromatic ring is 1. The molecule has 0 fully saturated rings. The summed E-state index contributed by atoms with van der Waals surface area (Å²) >= 11 is 7.18. The Morgan fingerprint density at radius 3 is 2.63 bits per heavy atom. The van der Waals surface area contributed by atoms with E-state index in [1.807, 2.05) is 0 Å². The molecule has 154 valence electrons. The topological polar surface area (TPSA) is 102 Å². The van der Waals surface area contributed by atoms with Gasteiger partial charge in [0.15, 0.2) is 0 Å². The largest absolute Gasteiger partial charge is 0.382 e. The monoisotopic (exact) mass is 444 g/mol. The molecule has 1 aromatic heterocycles. The Kier molecular flexibility index (Phi) is 5.44. The van der Waals surface area contributed by atoms with E-state index in [-0.39, 0.29) is 15.7 Å². The SMILES string of the molecule is NC(=O)[C@@H](c1ccccc1)N(C(=O)c1scnc1N)[C@@H]1CCc2c(F)cc(Cl)cc21. The molecule has 2 aromatic carbocycles. The van der Waals surface area contributed by atoms with Crippen LogP contribution in [-0.4, -0.2) is 21.7 Å². The lowest BCUT2D eigenvalue weighted by atomic mass is 9.99. The predicted octanol–water partition coefficient (Wildman–Crippen LogP) is 3.87. The standard InChI is InChI=1S/C21H18ClFN4O2S/c22-12-8-14-13(15(23)9-12)6-7-16(14)27(21(29)18-19(24)26-10-30-18)17(20(25)28)11-4-2-1-3-5-11/h1-5,8-10,16-17H,6-7,24H2,(H2,25,28)/t16-,17-/m1/s1. The fourth-order valence-corrected chi connectivity index (χ4v) is 4.84. The van der Waals surface area contributed by atoms with Crippen molar-refractivity contribution in [2.24, 2.45) is 5.73 Å². The second kappa shape index (κ2) is 8.04. The van der Waals surface area contributed by atoms with Crippen LogP contribution in [0.5, 0.6) is 0 Å². The Labute approximate surface area is 181 Å². The van der Waals surface area contributed by atoms with E-state index in [4.69, 9.17) is 23.1 Å². The third-order valence-electron chi connectivity index (χ3n) is 5.24. The zero-order valence-electron chi connectivity index (χ0n) is 15.7. The van der Waals surface area contributed by atoms with Crippen LogP contribution in [0.4, 0.5) is 10.2 Å². The molecule has 2 atom stereocenters. The van der Waals surface area contributed by atoms with Gasteiger partial charge in [-0.15, -0.1) is 11.3 Å². The van der Waals surface area contributed by atoms with Gasteiger partial charge < -0.3 is 16.4 Å². The van der Waals surface area contributed by atoms with Gasteiger partial charge >= 0.3 is 0 Å². The molecule has 0 bridgehead atoms.